The maximum absolute atomic E-state index is 4.15. The van der Waals surface area contributed by atoms with Crippen LogP contribution in [0.25, 0.3) is 0 Å². The van der Waals surface area contributed by atoms with Gasteiger partial charge < -0.3 is 0 Å². The number of aromatic nitrogens is 1. The first-order chi connectivity index (χ1) is 6.29. The molecule has 13 heavy (non-hydrogen) atoms. The third-order valence-corrected chi connectivity index (χ3v) is 7.14. The molecule has 4 heteroatoms. The van der Waals surface area contributed by atoms with E-state index in [1.165, 1.54) is 5.56 Å². The third kappa shape index (κ3) is 2.36. The van der Waals surface area contributed by atoms with Crippen LogP contribution in [0.3, 0.4) is 0 Å². The van der Waals surface area contributed by atoms with E-state index in [9.17, 15) is 0 Å². The Hall–Kier alpha value is 0.200. The Kier molecular flexibility index (Phi) is 4.49. The normalized spacial score (nSPS) is 11.6. The summed E-state index contributed by atoms with van der Waals surface area (Å²) in [6.45, 7) is 0. The Morgan fingerprint density at radius 2 is 1.77 bits per heavy atom. The van der Waals surface area contributed by atoms with E-state index < -0.39 is 0 Å². The predicted octanol–water partition coefficient (Wildman–Crippen LogP) is 3.28. The van der Waals surface area contributed by atoms with Crippen LogP contribution in [0.1, 0.15) is 5.56 Å². The second kappa shape index (κ2) is 5.17. The van der Waals surface area contributed by atoms with E-state index in [2.05, 4.69) is 29.8 Å². The summed E-state index contributed by atoms with van der Waals surface area (Å²) in [5, 5.41) is 0. The van der Waals surface area contributed by atoms with E-state index >= 15 is 0 Å². The highest BCUT2D eigenvalue weighted by molar-refractivity contribution is 8.32. The molecule has 0 aromatic carbocycles. The zero-order valence-corrected chi connectivity index (χ0v) is 10.4. The molecule has 0 aliphatic rings. The molecule has 1 aromatic heterocycles. The van der Waals surface area contributed by atoms with Crippen LogP contribution >= 0.6 is 35.3 Å². The predicted molar refractivity (Wildman–Crippen MR) is 66.5 cm³/mol. The summed E-state index contributed by atoms with van der Waals surface area (Å²) in [7, 11) is 0. The van der Waals surface area contributed by atoms with Crippen molar-refractivity contribution in [3.63, 3.8) is 0 Å². The Labute approximate surface area is 92.5 Å². The molecule has 1 nitrogen and oxygen atoms in total. The highest BCUT2D eigenvalue weighted by Gasteiger charge is 2.29. The fraction of sp³-hybridized carbons (Fsp3) is 0.444. The average Bonchev–Trinajstić information content (AvgIpc) is 2.23. The van der Waals surface area contributed by atoms with Crippen LogP contribution in [0, 0.1) is 0 Å². The lowest BCUT2D eigenvalue weighted by atomic mass is 10.3. The first-order valence-electron chi connectivity index (χ1n) is 3.85. The van der Waals surface area contributed by atoms with E-state index in [-0.39, 0.29) is 3.41 Å². The smallest absolute Gasteiger partial charge is 0.133 e. The van der Waals surface area contributed by atoms with Gasteiger partial charge in [0.05, 0.1) is 0 Å². The number of rotatable bonds is 4. The molecule has 72 valence electrons. The van der Waals surface area contributed by atoms with Crippen molar-refractivity contribution in [2.75, 3.05) is 18.8 Å². The maximum atomic E-state index is 4.15. The van der Waals surface area contributed by atoms with Gasteiger partial charge in [-0.3, -0.25) is 4.98 Å². The summed E-state index contributed by atoms with van der Waals surface area (Å²) in [4.78, 5) is 4.15. The summed E-state index contributed by atoms with van der Waals surface area (Å²) in [5.41, 5.74) is 1.28. The molecule has 0 aliphatic carbocycles. The number of pyridine rings is 1. The van der Waals surface area contributed by atoms with Crippen LogP contribution in [-0.4, -0.2) is 23.8 Å². The number of nitrogens with zero attached hydrogens (tertiary/aromatic N) is 1. The molecule has 1 heterocycles. The van der Waals surface area contributed by atoms with Crippen LogP contribution in [0.15, 0.2) is 24.5 Å². The topological polar surface area (TPSA) is 12.9 Å². The minimum Gasteiger partial charge on any atom is -0.264 e. The van der Waals surface area contributed by atoms with Gasteiger partial charge in [-0.05, 0) is 24.8 Å². The van der Waals surface area contributed by atoms with Gasteiger partial charge in [-0.2, -0.15) is 0 Å². The van der Waals surface area contributed by atoms with Gasteiger partial charge in [-0.25, -0.2) is 0 Å². The van der Waals surface area contributed by atoms with Crippen molar-refractivity contribution < 1.29 is 0 Å². The molecule has 0 amide bonds. The largest absolute Gasteiger partial charge is 0.264 e. The molecular weight excluding hydrogens is 218 g/mol. The lowest BCUT2D eigenvalue weighted by molar-refractivity contribution is 1.20. The lowest BCUT2D eigenvalue weighted by Crippen LogP contribution is -2.11. The summed E-state index contributed by atoms with van der Waals surface area (Å²) in [5.74, 6) is 0. The van der Waals surface area contributed by atoms with Crippen molar-refractivity contribution in [2.45, 2.75) is 3.41 Å². The van der Waals surface area contributed by atoms with Crippen molar-refractivity contribution in [1.29, 1.82) is 0 Å². The maximum Gasteiger partial charge on any atom is 0.133 e. The van der Waals surface area contributed by atoms with Crippen molar-refractivity contribution in [3.8, 4) is 0 Å². The van der Waals surface area contributed by atoms with E-state index in [0.29, 0.717) is 0 Å². The molecule has 1 aromatic rings. The minimum atomic E-state index is 0.105. The molecule has 0 radical (unpaired) electrons. The molecule has 0 unspecified atom stereocenters. The number of hydrogen-bond donors (Lipinski definition) is 0. The van der Waals surface area contributed by atoms with Gasteiger partial charge in [0.2, 0.25) is 0 Å². The van der Waals surface area contributed by atoms with Crippen LogP contribution in [0.5, 0.6) is 0 Å². The zero-order chi connectivity index (χ0) is 9.73. The fourth-order valence-electron chi connectivity index (χ4n) is 1.15. The van der Waals surface area contributed by atoms with Crippen molar-refractivity contribution in [3.05, 3.63) is 30.1 Å². The number of thioether (sulfide) groups is 3. The molecule has 0 bridgehead atoms. The molecule has 0 atom stereocenters. The van der Waals surface area contributed by atoms with Crippen molar-refractivity contribution in [1.82, 2.24) is 4.98 Å². The van der Waals surface area contributed by atoms with E-state index in [1.54, 1.807) is 0 Å². The summed E-state index contributed by atoms with van der Waals surface area (Å²) < 4.78 is 0.105. The van der Waals surface area contributed by atoms with Gasteiger partial charge >= 0.3 is 0 Å². The average molecular weight is 231 g/mol. The van der Waals surface area contributed by atoms with E-state index in [1.807, 2.05) is 53.7 Å². The fourth-order valence-corrected chi connectivity index (χ4v) is 4.22. The molecule has 0 saturated carbocycles. The SMILES string of the molecule is CSC(SC)(SC)c1cccnc1. The first kappa shape index (κ1) is 11.3. The van der Waals surface area contributed by atoms with Crippen LogP contribution < -0.4 is 0 Å². The Morgan fingerprint density at radius 3 is 2.15 bits per heavy atom. The zero-order valence-electron chi connectivity index (χ0n) is 7.98. The Balaban J connectivity index is 3.01. The quantitative estimate of drug-likeness (QED) is 0.737. The standard InChI is InChI=1S/C9H13NS3/c1-11-9(12-2,13-3)8-5-4-6-10-7-8/h4-7H,1-3H3. The second-order valence-corrected chi connectivity index (χ2v) is 6.25. The van der Waals surface area contributed by atoms with E-state index in [0.717, 1.165) is 0 Å². The molecule has 0 aliphatic heterocycles. The molecule has 0 saturated heterocycles. The van der Waals surface area contributed by atoms with Crippen molar-refractivity contribution >= 4 is 35.3 Å². The van der Waals surface area contributed by atoms with Crippen LogP contribution in [0.4, 0.5) is 0 Å². The summed E-state index contributed by atoms with van der Waals surface area (Å²) in [6.07, 6.45) is 10.2. The first-order valence-corrected chi connectivity index (χ1v) is 7.52. The summed E-state index contributed by atoms with van der Waals surface area (Å²) >= 11 is 5.57. The molecule has 1 rings (SSSR count). The Morgan fingerprint density at radius 1 is 1.15 bits per heavy atom. The lowest BCUT2D eigenvalue weighted by Gasteiger charge is -2.27. The Bertz CT molecular complexity index is 238. The minimum absolute atomic E-state index is 0.105. The summed E-state index contributed by atoms with van der Waals surface area (Å²) in [6, 6.07) is 4.13. The monoisotopic (exact) mass is 231 g/mol. The van der Waals surface area contributed by atoms with Gasteiger partial charge in [-0.15, -0.1) is 35.3 Å². The van der Waals surface area contributed by atoms with Gasteiger partial charge in [0.1, 0.15) is 3.41 Å². The van der Waals surface area contributed by atoms with Gasteiger partial charge in [0, 0.05) is 18.0 Å². The highest BCUT2D eigenvalue weighted by atomic mass is 32.3. The van der Waals surface area contributed by atoms with Crippen LogP contribution in [-0.2, 0) is 3.41 Å². The van der Waals surface area contributed by atoms with E-state index in [4.69, 9.17) is 0 Å². The van der Waals surface area contributed by atoms with Gasteiger partial charge in [0.25, 0.3) is 0 Å². The third-order valence-electron chi connectivity index (χ3n) is 1.82. The van der Waals surface area contributed by atoms with Gasteiger partial charge in [-0.1, -0.05) is 6.07 Å². The van der Waals surface area contributed by atoms with Crippen LogP contribution in [0.2, 0.25) is 0 Å². The van der Waals surface area contributed by atoms with Crippen molar-refractivity contribution in [2.24, 2.45) is 0 Å². The number of hydrogen-bond acceptors (Lipinski definition) is 4. The molecule has 0 N–H and O–H groups in total. The highest BCUT2D eigenvalue weighted by Crippen LogP contribution is 2.51. The molecular formula is C9H13NS3. The van der Waals surface area contributed by atoms with Gasteiger partial charge in [0.15, 0.2) is 0 Å². The second-order valence-electron chi connectivity index (χ2n) is 2.41. The molecule has 0 fully saturated rings. The molecule has 0 spiro atoms.